The third-order valence-electron chi connectivity index (χ3n) is 4.31. The molecule has 0 saturated heterocycles. The molecule has 154 valence electrons. The summed E-state index contributed by atoms with van der Waals surface area (Å²) in [5.74, 6) is 0.792. The highest BCUT2D eigenvalue weighted by atomic mass is 35.5. The highest BCUT2D eigenvalue weighted by Gasteiger charge is 2.22. The zero-order valence-corrected chi connectivity index (χ0v) is 18.9. The van der Waals surface area contributed by atoms with Gasteiger partial charge in [-0.05, 0) is 49.4 Å². The summed E-state index contributed by atoms with van der Waals surface area (Å²) in [6.45, 7) is 8.05. The minimum absolute atomic E-state index is 0.169. The lowest BCUT2D eigenvalue weighted by atomic mass is 10.1. The van der Waals surface area contributed by atoms with Crippen molar-refractivity contribution >= 4 is 35.0 Å². The van der Waals surface area contributed by atoms with Crippen molar-refractivity contribution in [2.24, 2.45) is 5.92 Å². The monoisotopic (exact) mass is 431 g/mol. The van der Waals surface area contributed by atoms with Crippen molar-refractivity contribution in [3.05, 3.63) is 46.1 Å². The summed E-state index contributed by atoms with van der Waals surface area (Å²) in [6, 6.07) is 9.31. The largest absolute Gasteiger partial charge is 0.495 e. The molecule has 0 saturated carbocycles. The van der Waals surface area contributed by atoms with Crippen LogP contribution in [0.4, 0.5) is 5.69 Å². The number of carbonyl (C=O) groups excluding carboxylic acids is 1. The van der Waals surface area contributed by atoms with Gasteiger partial charge in [-0.25, -0.2) is 4.98 Å². The molecule has 1 aromatic heterocycles. The Labute approximate surface area is 181 Å². The van der Waals surface area contributed by atoms with Crippen LogP contribution in [0.3, 0.4) is 0 Å². The number of anilines is 1. The molecule has 0 bridgehead atoms. The number of nitriles is 1. The molecule has 29 heavy (non-hydrogen) atoms. The van der Waals surface area contributed by atoms with Gasteiger partial charge >= 0.3 is 0 Å². The van der Waals surface area contributed by atoms with Gasteiger partial charge in [0.25, 0.3) is 0 Å². The lowest BCUT2D eigenvalue weighted by Gasteiger charge is -2.17. The third-order valence-corrected chi connectivity index (χ3v) is 6.09. The van der Waals surface area contributed by atoms with Gasteiger partial charge in [0.1, 0.15) is 16.8 Å². The van der Waals surface area contributed by atoms with Crippen molar-refractivity contribution < 1.29 is 9.53 Å². The standard InChI is InChI=1S/C22H26ClN3O2S/c1-6-20(21(27)26-18-10-14(4)17(23)11-19(18)28-5)29-22-15(12-24)7-8-16(25-22)9-13(2)3/h7-8,10-11,13,20H,6,9H2,1-5H3,(H,26,27). The molecular formula is C22H26ClN3O2S. The van der Waals surface area contributed by atoms with Gasteiger partial charge in [-0.1, -0.05) is 44.1 Å². The van der Waals surface area contributed by atoms with E-state index in [-0.39, 0.29) is 5.91 Å². The van der Waals surface area contributed by atoms with Gasteiger partial charge in [0, 0.05) is 16.8 Å². The summed E-state index contributed by atoms with van der Waals surface area (Å²) in [5.41, 5.74) is 2.82. The molecule has 1 unspecified atom stereocenters. The van der Waals surface area contributed by atoms with Gasteiger partial charge in [-0.2, -0.15) is 5.26 Å². The van der Waals surface area contributed by atoms with E-state index in [0.717, 1.165) is 17.7 Å². The van der Waals surface area contributed by atoms with Crippen LogP contribution in [0.5, 0.6) is 5.75 Å². The molecule has 0 aliphatic carbocycles. The molecule has 2 rings (SSSR count). The van der Waals surface area contributed by atoms with Crippen molar-refractivity contribution in [2.45, 2.75) is 50.8 Å². The minimum atomic E-state index is -0.399. The molecule has 2 aromatic rings. The lowest BCUT2D eigenvalue weighted by molar-refractivity contribution is -0.115. The van der Waals surface area contributed by atoms with Gasteiger partial charge in [0.05, 0.1) is 23.6 Å². The van der Waals surface area contributed by atoms with Gasteiger partial charge in [0.2, 0.25) is 5.91 Å². The van der Waals surface area contributed by atoms with E-state index < -0.39 is 5.25 Å². The highest BCUT2D eigenvalue weighted by molar-refractivity contribution is 8.00. The number of ether oxygens (including phenoxy) is 1. The number of aromatic nitrogens is 1. The normalized spacial score (nSPS) is 11.8. The molecule has 0 aliphatic heterocycles. The Kier molecular flexibility index (Phi) is 8.36. The van der Waals surface area contributed by atoms with Crippen LogP contribution in [0.15, 0.2) is 29.3 Å². The van der Waals surface area contributed by atoms with E-state index >= 15 is 0 Å². The second-order valence-corrected chi connectivity index (χ2v) is 8.77. The lowest BCUT2D eigenvalue weighted by Crippen LogP contribution is -2.25. The van der Waals surface area contributed by atoms with E-state index in [1.807, 2.05) is 19.9 Å². The number of halogens is 1. The average molecular weight is 432 g/mol. The van der Waals surface area contributed by atoms with Gasteiger partial charge < -0.3 is 10.1 Å². The molecule has 0 spiro atoms. The zero-order chi connectivity index (χ0) is 21.6. The van der Waals surface area contributed by atoms with Crippen LogP contribution < -0.4 is 10.1 Å². The summed E-state index contributed by atoms with van der Waals surface area (Å²) in [5, 5.41) is 13.1. The summed E-state index contributed by atoms with van der Waals surface area (Å²) in [4.78, 5) is 17.6. The maximum Gasteiger partial charge on any atom is 0.238 e. The van der Waals surface area contributed by atoms with Crippen LogP contribution in [0.1, 0.15) is 44.0 Å². The van der Waals surface area contributed by atoms with Gasteiger partial charge in [0.15, 0.2) is 0 Å². The summed E-state index contributed by atoms with van der Waals surface area (Å²) in [6.07, 6.45) is 1.41. The fourth-order valence-corrected chi connectivity index (χ4v) is 3.95. The maximum absolute atomic E-state index is 12.9. The fraction of sp³-hybridized carbons (Fsp3) is 0.409. The molecule has 1 aromatic carbocycles. The molecule has 1 N–H and O–H groups in total. The number of aryl methyl sites for hydroxylation is 1. The van der Waals surface area contributed by atoms with E-state index in [1.54, 1.807) is 18.2 Å². The zero-order valence-electron chi connectivity index (χ0n) is 17.4. The Morgan fingerprint density at radius 2 is 2.10 bits per heavy atom. The summed E-state index contributed by atoms with van der Waals surface area (Å²) >= 11 is 7.46. The van der Waals surface area contributed by atoms with Crippen molar-refractivity contribution in [3.8, 4) is 11.8 Å². The predicted octanol–water partition coefficient (Wildman–Crippen LogP) is 5.63. The van der Waals surface area contributed by atoms with Crippen LogP contribution in [-0.2, 0) is 11.2 Å². The van der Waals surface area contributed by atoms with Gasteiger partial charge in [-0.15, -0.1) is 0 Å². The van der Waals surface area contributed by atoms with Crippen molar-refractivity contribution in [1.29, 1.82) is 5.26 Å². The summed E-state index contributed by atoms with van der Waals surface area (Å²) < 4.78 is 5.34. The number of nitrogens with zero attached hydrogens (tertiary/aromatic N) is 2. The van der Waals surface area contributed by atoms with Crippen molar-refractivity contribution in [3.63, 3.8) is 0 Å². The topological polar surface area (TPSA) is 75.0 Å². The first-order valence-electron chi connectivity index (χ1n) is 9.50. The highest BCUT2D eigenvalue weighted by Crippen LogP contribution is 2.33. The first-order valence-corrected chi connectivity index (χ1v) is 10.8. The molecule has 1 amide bonds. The van der Waals surface area contributed by atoms with Crippen LogP contribution in [0.25, 0.3) is 0 Å². The van der Waals surface area contributed by atoms with E-state index in [4.69, 9.17) is 16.3 Å². The Morgan fingerprint density at radius 1 is 1.38 bits per heavy atom. The number of pyridine rings is 1. The van der Waals surface area contributed by atoms with Crippen LogP contribution in [-0.4, -0.2) is 23.3 Å². The molecule has 0 aliphatic rings. The fourth-order valence-electron chi connectivity index (χ4n) is 2.79. The number of nitrogens with one attached hydrogen (secondary N) is 1. The molecular weight excluding hydrogens is 406 g/mol. The number of amides is 1. The Hall–Kier alpha value is -2.23. The van der Waals surface area contributed by atoms with Gasteiger partial charge in [-0.3, -0.25) is 4.79 Å². The number of rotatable bonds is 8. The van der Waals surface area contributed by atoms with E-state index in [0.29, 0.717) is 39.4 Å². The SMILES string of the molecule is CCC(Sc1nc(CC(C)C)ccc1C#N)C(=O)Nc1cc(C)c(Cl)cc1OC. The van der Waals surface area contributed by atoms with E-state index in [9.17, 15) is 10.1 Å². The molecule has 1 atom stereocenters. The first kappa shape index (κ1) is 23.1. The molecule has 7 heteroatoms. The molecule has 0 radical (unpaired) electrons. The molecule has 5 nitrogen and oxygen atoms in total. The molecule has 1 heterocycles. The van der Waals surface area contributed by atoms with Crippen LogP contribution >= 0.6 is 23.4 Å². The summed E-state index contributed by atoms with van der Waals surface area (Å²) in [7, 11) is 1.53. The first-order chi connectivity index (χ1) is 13.8. The average Bonchev–Trinajstić information content (AvgIpc) is 2.68. The third kappa shape index (κ3) is 6.12. The number of methoxy groups -OCH3 is 1. The number of benzene rings is 1. The number of thioether (sulfide) groups is 1. The number of carbonyl (C=O) groups is 1. The number of hydrogen-bond donors (Lipinski definition) is 1. The van der Waals surface area contributed by atoms with E-state index in [1.165, 1.54) is 18.9 Å². The van der Waals surface area contributed by atoms with Crippen molar-refractivity contribution in [1.82, 2.24) is 4.98 Å². The number of hydrogen-bond acceptors (Lipinski definition) is 5. The predicted molar refractivity (Wildman–Crippen MR) is 119 cm³/mol. The quantitative estimate of drug-likeness (QED) is 0.548. The maximum atomic E-state index is 12.9. The smallest absolute Gasteiger partial charge is 0.238 e. The Bertz CT molecular complexity index is 925. The second kappa shape index (κ2) is 10.5. The van der Waals surface area contributed by atoms with Crippen LogP contribution in [0.2, 0.25) is 5.02 Å². The van der Waals surface area contributed by atoms with Crippen LogP contribution in [0, 0.1) is 24.2 Å². The second-order valence-electron chi connectivity index (χ2n) is 7.17. The Morgan fingerprint density at radius 3 is 2.69 bits per heavy atom. The Balaban J connectivity index is 2.25. The minimum Gasteiger partial charge on any atom is -0.495 e. The van der Waals surface area contributed by atoms with E-state index in [2.05, 4.69) is 30.2 Å². The molecule has 0 fully saturated rings. The van der Waals surface area contributed by atoms with Crippen molar-refractivity contribution in [2.75, 3.05) is 12.4 Å².